The highest BCUT2D eigenvalue weighted by molar-refractivity contribution is 6.36. The molecular weight excluding hydrogens is 338 g/mol. The molecule has 0 radical (unpaired) electrons. The first-order valence-corrected chi connectivity index (χ1v) is 8.99. The number of carbonyl (C=O) groups is 1. The highest BCUT2D eigenvalue weighted by Crippen LogP contribution is 2.38. The van der Waals surface area contributed by atoms with Crippen LogP contribution >= 0.6 is 11.6 Å². The van der Waals surface area contributed by atoms with E-state index in [2.05, 4.69) is 29.8 Å². The Labute approximate surface area is 153 Å². The number of hydrogen-bond donors (Lipinski definition) is 0. The molecule has 0 atom stereocenters. The summed E-state index contributed by atoms with van der Waals surface area (Å²) in [6, 6.07) is 5.99. The normalized spacial score (nSPS) is 15.2. The molecule has 1 amide bonds. The Bertz CT molecular complexity index is 771. The Morgan fingerprint density at radius 3 is 2.68 bits per heavy atom. The van der Waals surface area contributed by atoms with Gasteiger partial charge < -0.3 is 14.5 Å². The zero-order valence-electron chi connectivity index (χ0n) is 15.0. The first-order valence-electron chi connectivity index (χ1n) is 8.61. The van der Waals surface area contributed by atoms with E-state index in [9.17, 15) is 4.79 Å². The van der Waals surface area contributed by atoms with Crippen LogP contribution in [0, 0.1) is 0 Å². The van der Waals surface area contributed by atoms with Crippen LogP contribution in [0.15, 0.2) is 24.4 Å². The number of benzene rings is 1. The van der Waals surface area contributed by atoms with Crippen LogP contribution in [-0.4, -0.2) is 55.7 Å². The van der Waals surface area contributed by atoms with Gasteiger partial charge in [-0.2, -0.15) is 0 Å². The maximum Gasteiger partial charge on any atom is 0.248 e. The number of halogens is 1. The maximum atomic E-state index is 12.0. The summed E-state index contributed by atoms with van der Waals surface area (Å²) in [5, 5.41) is 1.71. The lowest BCUT2D eigenvalue weighted by Gasteiger charge is -2.37. The maximum absolute atomic E-state index is 12.0. The van der Waals surface area contributed by atoms with Crippen LogP contribution in [0.5, 0.6) is 0 Å². The van der Waals surface area contributed by atoms with Crippen molar-refractivity contribution in [2.45, 2.75) is 19.8 Å². The molecule has 0 unspecified atom stereocenters. The van der Waals surface area contributed by atoms with Gasteiger partial charge in [-0.15, -0.1) is 0 Å². The lowest BCUT2D eigenvalue weighted by molar-refractivity contribution is -0.135. The molecule has 134 valence electrons. The second-order valence-electron chi connectivity index (χ2n) is 6.65. The molecule has 1 aromatic carbocycles. The van der Waals surface area contributed by atoms with Gasteiger partial charge in [-0.25, -0.2) is 0 Å². The van der Waals surface area contributed by atoms with E-state index in [1.807, 2.05) is 23.2 Å². The van der Waals surface area contributed by atoms with Crippen molar-refractivity contribution in [1.82, 2.24) is 9.88 Å². The smallest absolute Gasteiger partial charge is 0.248 e. The van der Waals surface area contributed by atoms with Gasteiger partial charge in [-0.1, -0.05) is 25.4 Å². The summed E-state index contributed by atoms with van der Waals surface area (Å²) >= 11 is 6.49. The molecule has 3 rings (SSSR count). The molecule has 0 aliphatic carbocycles. The SMILES string of the molecule is COCC(=O)N1CCN(c2c(C(C)C)cc(Cl)c3cccnc23)CC1. The molecule has 5 nitrogen and oxygen atoms in total. The van der Waals surface area contributed by atoms with Gasteiger partial charge in [0.2, 0.25) is 5.91 Å². The molecule has 2 aromatic rings. The number of pyridine rings is 1. The number of carbonyl (C=O) groups excluding carboxylic acids is 1. The van der Waals surface area contributed by atoms with E-state index in [-0.39, 0.29) is 12.5 Å². The minimum absolute atomic E-state index is 0.0466. The van der Waals surface area contributed by atoms with E-state index < -0.39 is 0 Å². The number of amides is 1. The fraction of sp³-hybridized carbons (Fsp3) is 0.474. The van der Waals surface area contributed by atoms with Crippen LogP contribution in [0.4, 0.5) is 5.69 Å². The first-order chi connectivity index (χ1) is 12.0. The minimum atomic E-state index is 0.0466. The summed E-state index contributed by atoms with van der Waals surface area (Å²) in [4.78, 5) is 20.8. The Morgan fingerprint density at radius 2 is 2.04 bits per heavy atom. The van der Waals surface area contributed by atoms with Crippen molar-refractivity contribution >= 4 is 34.1 Å². The van der Waals surface area contributed by atoms with Gasteiger partial charge in [-0.3, -0.25) is 9.78 Å². The predicted molar refractivity (Wildman–Crippen MR) is 102 cm³/mol. The molecule has 0 saturated carbocycles. The van der Waals surface area contributed by atoms with Crippen LogP contribution in [0.25, 0.3) is 10.9 Å². The lowest BCUT2D eigenvalue weighted by atomic mass is 9.97. The average Bonchev–Trinajstić information content (AvgIpc) is 2.62. The standard InChI is InChI=1S/C19H24ClN3O2/c1-13(2)15-11-16(20)14-5-4-6-21-18(14)19(15)23-9-7-22(8-10-23)17(24)12-25-3/h4-6,11,13H,7-10,12H2,1-3H3. The number of piperazine rings is 1. The fourth-order valence-electron chi connectivity index (χ4n) is 3.37. The third kappa shape index (κ3) is 3.58. The molecule has 1 aliphatic heterocycles. The fourth-order valence-corrected chi connectivity index (χ4v) is 3.64. The molecule has 6 heteroatoms. The number of anilines is 1. The van der Waals surface area contributed by atoms with Gasteiger partial charge in [0.1, 0.15) is 6.61 Å². The lowest BCUT2D eigenvalue weighted by Crippen LogP contribution is -2.50. The zero-order chi connectivity index (χ0) is 18.0. The zero-order valence-corrected chi connectivity index (χ0v) is 15.7. The van der Waals surface area contributed by atoms with E-state index in [0.29, 0.717) is 19.0 Å². The second-order valence-corrected chi connectivity index (χ2v) is 7.06. The molecule has 1 fully saturated rings. The summed E-state index contributed by atoms with van der Waals surface area (Å²) in [7, 11) is 1.55. The van der Waals surface area contributed by atoms with Crippen molar-refractivity contribution in [2.24, 2.45) is 0 Å². The Kier molecular flexibility index (Phi) is 5.45. The van der Waals surface area contributed by atoms with Gasteiger partial charge in [0.25, 0.3) is 0 Å². The van der Waals surface area contributed by atoms with Crippen LogP contribution in [0.1, 0.15) is 25.3 Å². The second kappa shape index (κ2) is 7.58. The molecular formula is C19H24ClN3O2. The quantitative estimate of drug-likeness (QED) is 0.838. The van der Waals surface area contributed by atoms with E-state index in [1.165, 1.54) is 5.56 Å². The van der Waals surface area contributed by atoms with Crippen molar-refractivity contribution in [3.8, 4) is 0 Å². The summed E-state index contributed by atoms with van der Waals surface area (Å²) in [5.41, 5.74) is 3.29. The summed E-state index contributed by atoms with van der Waals surface area (Å²) in [6.07, 6.45) is 1.81. The molecule has 0 N–H and O–H groups in total. The van der Waals surface area contributed by atoms with E-state index in [1.54, 1.807) is 7.11 Å². The van der Waals surface area contributed by atoms with Crippen molar-refractivity contribution in [2.75, 3.05) is 44.8 Å². The number of nitrogens with zero attached hydrogens (tertiary/aromatic N) is 3. The van der Waals surface area contributed by atoms with Crippen molar-refractivity contribution in [3.05, 3.63) is 35.0 Å². The van der Waals surface area contributed by atoms with Crippen molar-refractivity contribution in [3.63, 3.8) is 0 Å². The van der Waals surface area contributed by atoms with Crippen molar-refractivity contribution in [1.29, 1.82) is 0 Å². The number of hydrogen-bond acceptors (Lipinski definition) is 4. The van der Waals surface area contributed by atoms with Crippen molar-refractivity contribution < 1.29 is 9.53 Å². The predicted octanol–water partition coefficient (Wildman–Crippen LogP) is 3.31. The summed E-state index contributed by atoms with van der Waals surface area (Å²) in [5.74, 6) is 0.386. The highest BCUT2D eigenvalue weighted by atomic mass is 35.5. The minimum Gasteiger partial charge on any atom is -0.375 e. The Balaban J connectivity index is 1.95. The summed E-state index contributed by atoms with van der Waals surface area (Å²) < 4.78 is 4.96. The molecule has 0 bridgehead atoms. The van der Waals surface area contributed by atoms with Gasteiger partial charge in [0.15, 0.2) is 0 Å². The number of aromatic nitrogens is 1. The third-order valence-electron chi connectivity index (χ3n) is 4.68. The average molecular weight is 362 g/mol. The number of ether oxygens (including phenoxy) is 1. The van der Waals surface area contributed by atoms with E-state index in [0.717, 1.165) is 34.7 Å². The number of rotatable bonds is 4. The largest absolute Gasteiger partial charge is 0.375 e. The first kappa shape index (κ1) is 18.0. The van der Waals surface area contributed by atoms with Crippen LogP contribution in [0.3, 0.4) is 0 Å². The van der Waals surface area contributed by atoms with Gasteiger partial charge >= 0.3 is 0 Å². The van der Waals surface area contributed by atoms with Gasteiger partial charge in [0, 0.05) is 44.9 Å². The topological polar surface area (TPSA) is 45.7 Å². The molecule has 25 heavy (non-hydrogen) atoms. The van der Waals surface area contributed by atoms with Gasteiger partial charge in [0.05, 0.1) is 16.2 Å². The van der Waals surface area contributed by atoms with E-state index in [4.69, 9.17) is 16.3 Å². The van der Waals surface area contributed by atoms with Crippen LogP contribution in [-0.2, 0) is 9.53 Å². The molecule has 2 heterocycles. The molecule has 1 aromatic heterocycles. The Hall–Kier alpha value is -1.85. The molecule has 1 saturated heterocycles. The molecule has 0 spiro atoms. The number of methoxy groups -OCH3 is 1. The van der Waals surface area contributed by atoms with Crippen LogP contribution in [0.2, 0.25) is 5.02 Å². The van der Waals surface area contributed by atoms with Gasteiger partial charge in [-0.05, 0) is 29.7 Å². The highest BCUT2D eigenvalue weighted by Gasteiger charge is 2.25. The monoisotopic (exact) mass is 361 g/mol. The third-order valence-corrected chi connectivity index (χ3v) is 5.00. The van der Waals surface area contributed by atoms with Crippen LogP contribution < -0.4 is 4.90 Å². The number of fused-ring (bicyclic) bond motifs is 1. The van der Waals surface area contributed by atoms with E-state index >= 15 is 0 Å². The summed E-state index contributed by atoms with van der Waals surface area (Å²) in [6.45, 7) is 7.42. The Morgan fingerprint density at radius 1 is 1.32 bits per heavy atom. The molecule has 1 aliphatic rings.